The lowest BCUT2D eigenvalue weighted by Crippen LogP contribution is -2.39. The Morgan fingerprint density at radius 1 is 1.22 bits per heavy atom. The van der Waals surface area contributed by atoms with E-state index in [1.165, 1.54) is 11.3 Å². The third kappa shape index (κ3) is 4.01. The van der Waals surface area contributed by atoms with E-state index < -0.39 is 12.0 Å². The van der Waals surface area contributed by atoms with Crippen LogP contribution in [0, 0.1) is 0 Å². The Morgan fingerprint density at radius 3 is 2.59 bits per heavy atom. The Bertz CT molecular complexity index is 1390. The lowest BCUT2D eigenvalue weighted by atomic mass is 9.96. The Labute approximate surface area is 193 Å². The number of hydrogen-bond acceptors (Lipinski definition) is 6. The number of hydrogen-bond donors (Lipinski definition) is 0. The van der Waals surface area contributed by atoms with Crippen molar-refractivity contribution in [3.05, 3.63) is 95.6 Å². The number of halogens is 1. The molecular formula is C24H21ClN2O4S. The molecule has 3 aromatic rings. The van der Waals surface area contributed by atoms with E-state index in [-0.39, 0.29) is 12.2 Å². The van der Waals surface area contributed by atoms with Crippen LogP contribution in [0.1, 0.15) is 31.0 Å². The van der Waals surface area contributed by atoms with Crippen molar-refractivity contribution in [2.45, 2.75) is 19.9 Å². The molecule has 0 bridgehead atoms. The number of carbonyl (C=O) groups is 1. The van der Waals surface area contributed by atoms with E-state index in [2.05, 4.69) is 4.99 Å². The van der Waals surface area contributed by atoms with Crippen LogP contribution in [-0.2, 0) is 9.53 Å². The normalized spacial score (nSPS) is 15.9. The molecule has 0 unspecified atom stereocenters. The van der Waals surface area contributed by atoms with E-state index in [0.717, 1.165) is 11.1 Å². The predicted molar refractivity (Wildman–Crippen MR) is 125 cm³/mol. The zero-order valence-electron chi connectivity index (χ0n) is 17.8. The van der Waals surface area contributed by atoms with Gasteiger partial charge in [-0.1, -0.05) is 53.3 Å². The van der Waals surface area contributed by atoms with Crippen molar-refractivity contribution in [2.24, 2.45) is 4.99 Å². The largest absolute Gasteiger partial charge is 0.497 e. The monoisotopic (exact) mass is 468 g/mol. The number of ether oxygens (including phenoxy) is 2. The third-order valence-corrected chi connectivity index (χ3v) is 6.47. The maximum atomic E-state index is 13.5. The molecule has 0 radical (unpaired) electrons. The van der Waals surface area contributed by atoms with Gasteiger partial charge in [-0.25, -0.2) is 9.79 Å². The van der Waals surface area contributed by atoms with Gasteiger partial charge < -0.3 is 9.47 Å². The summed E-state index contributed by atoms with van der Waals surface area (Å²) in [6.45, 7) is 3.73. The molecule has 4 rings (SSSR count). The van der Waals surface area contributed by atoms with Crippen LogP contribution in [0.3, 0.4) is 0 Å². The molecule has 0 spiro atoms. The minimum atomic E-state index is -0.662. The van der Waals surface area contributed by atoms with Crippen LogP contribution in [0.5, 0.6) is 5.75 Å². The second-order valence-electron chi connectivity index (χ2n) is 7.10. The molecule has 164 valence electrons. The Balaban J connectivity index is 1.96. The SMILES string of the molecule is CCOC(=O)C1=C(C)N=c2s/c(=C\c3ccccc3Cl)c(=O)n2[C@H]1c1ccc(OC)cc1. The van der Waals surface area contributed by atoms with Gasteiger partial charge in [-0.05, 0) is 49.2 Å². The fraction of sp³-hybridized carbons (Fsp3) is 0.208. The quantitative estimate of drug-likeness (QED) is 0.538. The first kappa shape index (κ1) is 22.0. The number of fused-ring (bicyclic) bond motifs is 1. The van der Waals surface area contributed by atoms with Crippen LogP contribution in [-0.4, -0.2) is 24.3 Å². The average Bonchev–Trinajstić information content (AvgIpc) is 3.09. The van der Waals surface area contributed by atoms with Crippen molar-refractivity contribution in [3.63, 3.8) is 0 Å². The van der Waals surface area contributed by atoms with Gasteiger partial charge >= 0.3 is 5.97 Å². The fourth-order valence-corrected chi connectivity index (χ4v) is 4.85. The highest BCUT2D eigenvalue weighted by Gasteiger charge is 2.33. The first-order valence-electron chi connectivity index (χ1n) is 10.0. The van der Waals surface area contributed by atoms with E-state index in [9.17, 15) is 9.59 Å². The number of carbonyl (C=O) groups excluding carboxylic acids is 1. The summed E-state index contributed by atoms with van der Waals surface area (Å²) in [5.74, 6) is 0.188. The van der Waals surface area contributed by atoms with Gasteiger partial charge in [-0.15, -0.1) is 0 Å². The molecule has 0 N–H and O–H groups in total. The highest BCUT2D eigenvalue weighted by molar-refractivity contribution is 7.07. The molecule has 0 saturated heterocycles. The number of esters is 1. The zero-order chi connectivity index (χ0) is 22.8. The summed E-state index contributed by atoms with van der Waals surface area (Å²) in [5, 5.41) is 0.549. The number of methoxy groups -OCH3 is 1. The number of allylic oxidation sites excluding steroid dienone is 1. The van der Waals surface area contributed by atoms with E-state index in [4.69, 9.17) is 21.1 Å². The number of benzene rings is 2. The van der Waals surface area contributed by atoms with Crippen LogP contribution >= 0.6 is 22.9 Å². The van der Waals surface area contributed by atoms with Crippen LogP contribution in [0.4, 0.5) is 0 Å². The molecule has 8 heteroatoms. The minimum absolute atomic E-state index is 0.224. The summed E-state index contributed by atoms with van der Waals surface area (Å²) < 4.78 is 12.6. The first-order valence-corrected chi connectivity index (χ1v) is 11.2. The minimum Gasteiger partial charge on any atom is -0.497 e. The Hall–Kier alpha value is -3.16. The van der Waals surface area contributed by atoms with Gasteiger partial charge in [0.1, 0.15) is 5.75 Å². The summed E-state index contributed by atoms with van der Waals surface area (Å²) >= 11 is 7.55. The van der Waals surface area contributed by atoms with Crippen molar-refractivity contribution in [1.82, 2.24) is 4.57 Å². The van der Waals surface area contributed by atoms with Crippen LogP contribution in [0.2, 0.25) is 5.02 Å². The van der Waals surface area contributed by atoms with Crippen molar-refractivity contribution in [1.29, 1.82) is 0 Å². The highest BCUT2D eigenvalue weighted by Crippen LogP contribution is 2.31. The van der Waals surface area contributed by atoms with Crippen molar-refractivity contribution < 1.29 is 14.3 Å². The summed E-state index contributed by atoms with van der Waals surface area (Å²) in [5.41, 5.74) is 2.11. The molecule has 0 saturated carbocycles. The molecule has 32 heavy (non-hydrogen) atoms. The Morgan fingerprint density at radius 2 is 1.94 bits per heavy atom. The summed E-state index contributed by atoms with van der Waals surface area (Å²) in [4.78, 5) is 31.5. The molecule has 0 aliphatic carbocycles. The maximum absolute atomic E-state index is 13.5. The molecule has 1 aliphatic rings. The van der Waals surface area contributed by atoms with E-state index in [1.54, 1.807) is 49.8 Å². The van der Waals surface area contributed by atoms with Crippen molar-refractivity contribution in [3.8, 4) is 5.75 Å². The van der Waals surface area contributed by atoms with E-state index >= 15 is 0 Å². The van der Waals surface area contributed by atoms with Crippen LogP contribution in [0.25, 0.3) is 6.08 Å². The molecule has 1 aliphatic heterocycles. The number of rotatable bonds is 5. The number of nitrogens with zero attached hydrogens (tertiary/aromatic N) is 2. The van der Waals surface area contributed by atoms with Crippen LogP contribution in [0.15, 0.2) is 69.6 Å². The molecule has 0 amide bonds. The predicted octanol–water partition coefficient (Wildman–Crippen LogP) is 3.46. The highest BCUT2D eigenvalue weighted by atomic mass is 35.5. The maximum Gasteiger partial charge on any atom is 0.338 e. The standard InChI is InChI=1S/C24H21ClN2O4S/c1-4-31-23(29)20-14(2)26-24-27(21(20)15-9-11-17(30-3)12-10-15)22(28)19(32-24)13-16-7-5-6-8-18(16)25/h5-13,21H,4H2,1-3H3/b19-13-/t21-/m0/s1. The number of thiazole rings is 1. The molecular weight excluding hydrogens is 448 g/mol. The van der Waals surface area contributed by atoms with Crippen molar-refractivity contribution in [2.75, 3.05) is 13.7 Å². The molecule has 2 heterocycles. The van der Waals surface area contributed by atoms with E-state index in [0.29, 0.717) is 31.4 Å². The zero-order valence-corrected chi connectivity index (χ0v) is 19.4. The van der Waals surface area contributed by atoms with Gasteiger partial charge in [-0.3, -0.25) is 9.36 Å². The van der Waals surface area contributed by atoms with Gasteiger partial charge in [0.25, 0.3) is 5.56 Å². The lowest BCUT2D eigenvalue weighted by molar-refractivity contribution is -0.139. The third-order valence-electron chi connectivity index (χ3n) is 5.14. The van der Waals surface area contributed by atoms with Gasteiger partial charge in [0, 0.05) is 5.02 Å². The molecule has 6 nitrogen and oxygen atoms in total. The molecule has 0 fully saturated rings. The van der Waals surface area contributed by atoms with Gasteiger partial charge in [0.2, 0.25) is 0 Å². The smallest absolute Gasteiger partial charge is 0.338 e. The van der Waals surface area contributed by atoms with Crippen LogP contribution < -0.4 is 19.6 Å². The summed E-state index contributed by atoms with van der Waals surface area (Å²) in [7, 11) is 1.58. The lowest BCUT2D eigenvalue weighted by Gasteiger charge is -2.24. The fourth-order valence-electron chi connectivity index (χ4n) is 3.63. The Kier molecular flexibility index (Phi) is 6.30. The molecule has 1 atom stereocenters. The summed E-state index contributed by atoms with van der Waals surface area (Å²) in [6.07, 6.45) is 1.75. The van der Waals surface area contributed by atoms with E-state index in [1.807, 2.05) is 30.3 Å². The number of aromatic nitrogens is 1. The summed E-state index contributed by atoms with van der Waals surface area (Å²) in [6, 6.07) is 13.9. The van der Waals surface area contributed by atoms with Gasteiger partial charge in [0.15, 0.2) is 4.80 Å². The first-order chi connectivity index (χ1) is 15.4. The second kappa shape index (κ2) is 9.14. The van der Waals surface area contributed by atoms with Crippen molar-refractivity contribution >= 4 is 35.0 Å². The topological polar surface area (TPSA) is 69.9 Å². The second-order valence-corrected chi connectivity index (χ2v) is 8.51. The molecule has 2 aromatic carbocycles. The average molecular weight is 469 g/mol. The van der Waals surface area contributed by atoms with Gasteiger partial charge in [0.05, 0.1) is 35.6 Å². The molecule has 1 aromatic heterocycles. The van der Waals surface area contributed by atoms with Gasteiger partial charge in [-0.2, -0.15) is 0 Å².